The first kappa shape index (κ1) is 16.8. The Morgan fingerprint density at radius 1 is 1.19 bits per heavy atom. The summed E-state index contributed by atoms with van der Waals surface area (Å²) < 4.78 is 1.74. The third-order valence-corrected chi connectivity index (χ3v) is 5.31. The Labute approximate surface area is 152 Å². The molecule has 0 spiro atoms. The van der Waals surface area contributed by atoms with E-state index < -0.39 is 0 Å². The highest BCUT2D eigenvalue weighted by molar-refractivity contribution is 6.04. The van der Waals surface area contributed by atoms with Crippen LogP contribution in [0.15, 0.2) is 54.6 Å². The molecule has 26 heavy (non-hydrogen) atoms. The third kappa shape index (κ3) is 3.22. The fraction of sp³-hybridized carbons (Fsp3) is 0.333. The monoisotopic (exact) mass is 349 g/mol. The van der Waals surface area contributed by atoms with Crippen molar-refractivity contribution in [3.63, 3.8) is 0 Å². The van der Waals surface area contributed by atoms with Gasteiger partial charge in [-0.05, 0) is 36.8 Å². The molecule has 5 heteroatoms. The van der Waals surface area contributed by atoms with E-state index in [0.717, 1.165) is 30.2 Å². The SMILES string of the molecule is Cn1nc(C(=O)N[C@H](Cc2ccccc2)C2CC(O)C2)c2ccccc21. The van der Waals surface area contributed by atoms with Gasteiger partial charge in [0.25, 0.3) is 5.91 Å². The zero-order chi connectivity index (χ0) is 18.1. The highest BCUT2D eigenvalue weighted by Gasteiger charge is 2.35. The Kier molecular flexibility index (Phi) is 4.47. The van der Waals surface area contributed by atoms with Crippen LogP contribution < -0.4 is 5.32 Å². The standard InChI is InChI=1S/C21H23N3O2/c1-24-19-10-6-5-9-17(19)20(23-24)21(26)22-18(15-12-16(25)13-15)11-14-7-3-2-4-8-14/h2-10,15-16,18,25H,11-13H2,1H3,(H,22,26)/t15?,16?,18-/m1/s1. The molecule has 0 bridgehead atoms. The van der Waals surface area contributed by atoms with Crippen LogP contribution >= 0.6 is 0 Å². The van der Waals surface area contributed by atoms with Gasteiger partial charge in [0, 0.05) is 18.5 Å². The molecule has 1 aromatic heterocycles. The van der Waals surface area contributed by atoms with Crippen molar-refractivity contribution in [3.8, 4) is 0 Å². The molecule has 0 unspecified atom stereocenters. The second-order valence-electron chi connectivity index (χ2n) is 7.14. The summed E-state index contributed by atoms with van der Waals surface area (Å²) in [6, 6.07) is 17.9. The number of hydrogen-bond donors (Lipinski definition) is 2. The quantitative estimate of drug-likeness (QED) is 0.744. The number of carbonyl (C=O) groups is 1. The Morgan fingerprint density at radius 2 is 1.88 bits per heavy atom. The summed E-state index contributed by atoms with van der Waals surface area (Å²) in [5.74, 6) is 0.147. The molecule has 0 radical (unpaired) electrons. The number of rotatable bonds is 5. The maximum absolute atomic E-state index is 12.9. The van der Waals surface area contributed by atoms with E-state index in [1.165, 1.54) is 5.56 Å². The molecule has 1 amide bonds. The van der Waals surface area contributed by atoms with Gasteiger partial charge in [0.05, 0.1) is 11.6 Å². The summed E-state index contributed by atoms with van der Waals surface area (Å²) in [4.78, 5) is 12.9. The molecule has 1 fully saturated rings. The minimum absolute atomic E-state index is 0.00549. The van der Waals surface area contributed by atoms with Crippen LogP contribution in [0, 0.1) is 5.92 Å². The van der Waals surface area contributed by atoms with Crippen molar-refractivity contribution in [2.75, 3.05) is 0 Å². The number of aromatic nitrogens is 2. The molecule has 1 atom stereocenters. The van der Waals surface area contributed by atoms with E-state index in [0.29, 0.717) is 11.6 Å². The number of benzene rings is 2. The van der Waals surface area contributed by atoms with Crippen molar-refractivity contribution in [2.24, 2.45) is 13.0 Å². The number of hydrogen-bond acceptors (Lipinski definition) is 3. The normalized spacial score (nSPS) is 20.5. The molecular formula is C21H23N3O2. The molecule has 2 N–H and O–H groups in total. The number of amides is 1. The van der Waals surface area contributed by atoms with Crippen molar-refractivity contribution in [1.29, 1.82) is 0 Å². The van der Waals surface area contributed by atoms with Gasteiger partial charge in [-0.15, -0.1) is 0 Å². The van der Waals surface area contributed by atoms with Crippen molar-refractivity contribution >= 4 is 16.8 Å². The van der Waals surface area contributed by atoms with Crippen LogP contribution in [0.4, 0.5) is 0 Å². The Bertz CT molecular complexity index is 913. The Balaban J connectivity index is 1.57. The molecule has 3 aromatic rings. The summed E-state index contributed by atoms with van der Waals surface area (Å²) in [5.41, 5.74) is 2.59. The van der Waals surface area contributed by atoms with Crippen LogP contribution in [0.5, 0.6) is 0 Å². The maximum Gasteiger partial charge on any atom is 0.272 e. The summed E-state index contributed by atoms with van der Waals surface area (Å²) in [5, 5.41) is 18.2. The lowest BCUT2D eigenvalue weighted by Crippen LogP contribution is -2.48. The lowest BCUT2D eigenvalue weighted by atomic mass is 9.75. The van der Waals surface area contributed by atoms with Crippen molar-refractivity contribution in [1.82, 2.24) is 15.1 Å². The van der Waals surface area contributed by atoms with E-state index in [9.17, 15) is 9.90 Å². The average Bonchev–Trinajstić information content (AvgIpc) is 2.97. The number of para-hydroxylation sites is 1. The number of nitrogens with one attached hydrogen (secondary N) is 1. The highest BCUT2D eigenvalue weighted by atomic mass is 16.3. The number of aliphatic hydroxyl groups is 1. The predicted molar refractivity (Wildman–Crippen MR) is 101 cm³/mol. The highest BCUT2D eigenvalue weighted by Crippen LogP contribution is 2.32. The van der Waals surface area contributed by atoms with Crippen LogP contribution in [-0.2, 0) is 13.5 Å². The van der Waals surface area contributed by atoms with Crippen LogP contribution in [-0.4, -0.2) is 32.9 Å². The zero-order valence-corrected chi connectivity index (χ0v) is 14.8. The van der Waals surface area contributed by atoms with Crippen molar-refractivity contribution in [3.05, 3.63) is 65.9 Å². The topological polar surface area (TPSA) is 67.2 Å². The summed E-state index contributed by atoms with van der Waals surface area (Å²) in [6.45, 7) is 0. The molecule has 0 saturated heterocycles. The Morgan fingerprint density at radius 3 is 2.62 bits per heavy atom. The minimum atomic E-state index is -0.245. The van der Waals surface area contributed by atoms with Crippen LogP contribution in [0.1, 0.15) is 28.9 Å². The van der Waals surface area contributed by atoms with Gasteiger partial charge < -0.3 is 10.4 Å². The first-order valence-corrected chi connectivity index (χ1v) is 9.06. The van der Waals surface area contributed by atoms with Gasteiger partial charge in [-0.2, -0.15) is 5.10 Å². The first-order valence-electron chi connectivity index (χ1n) is 9.06. The minimum Gasteiger partial charge on any atom is -0.393 e. The molecule has 1 heterocycles. The van der Waals surface area contributed by atoms with Gasteiger partial charge in [-0.25, -0.2) is 0 Å². The number of nitrogens with zero attached hydrogens (tertiary/aromatic N) is 2. The van der Waals surface area contributed by atoms with E-state index in [1.54, 1.807) is 4.68 Å². The molecule has 134 valence electrons. The molecule has 0 aliphatic heterocycles. The van der Waals surface area contributed by atoms with Crippen molar-refractivity contribution < 1.29 is 9.90 Å². The number of carbonyl (C=O) groups excluding carboxylic acids is 1. The predicted octanol–water partition coefficient (Wildman–Crippen LogP) is 2.69. The largest absolute Gasteiger partial charge is 0.393 e. The number of fused-ring (bicyclic) bond motifs is 1. The van der Waals surface area contributed by atoms with Gasteiger partial charge in [-0.1, -0.05) is 48.5 Å². The first-order chi connectivity index (χ1) is 12.6. The van der Waals surface area contributed by atoms with Gasteiger partial charge >= 0.3 is 0 Å². The molecule has 4 rings (SSSR count). The lowest BCUT2D eigenvalue weighted by Gasteiger charge is -2.38. The van der Waals surface area contributed by atoms with Crippen LogP contribution in [0.25, 0.3) is 10.9 Å². The van der Waals surface area contributed by atoms with Gasteiger partial charge in [0.15, 0.2) is 5.69 Å². The fourth-order valence-electron chi connectivity index (χ4n) is 3.78. The maximum atomic E-state index is 12.9. The molecule has 5 nitrogen and oxygen atoms in total. The second-order valence-corrected chi connectivity index (χ2v) is 7.14. The van der Waals surface area contributed by atoms with Crippen LogP contribution in [0.3, 0.4) is 0 Å². The summed E-state index contributed by atoms with van der Waals surface area (Å²) >= 11 is 0. The molecule has 1 aliphatic carbocycles. The fourth-order valence-corrected chi connectivity index (χ4v) is 3.78. The van der Waals surface area contributed by atoms with E-state index in [1.807, 2.05) is 49.5 Å². The summed E-state index contributed by atoms with van der Waals surface area (Å²) in [7, 11) is 1.85. The second kappa shape index (κ2) is 6.92. The summed E-state index contributed by atoms with van der Waals surface area (Å²) in [6.07, 6.45) is 1.99. The molecular weight excluding hydrogens is 326 g/mol. The van der Waals surface area contributed by atoms with E-state index in [4.69, 9.17) is 0 Å². The van der Waals surface area contributed by atoms with E-state index in [-0.39, 0.29) is 18.1 Å². The molecule has 1 aliphatic rings. The van der Waals surface area contributed by atoms with Gasteiger partial charge in [-0.3, -0.25) is 9.48 Å². The van der Waals surface area contributed by atoms with E-state index >= 15 is 0 Å². The average molecular weight is 349 g/mol. The smallest absolute Gasteiger partial charge is 0.272 e. The number of aliphatic hydroxyl groups excluding tert-OH is 1. The van der Waals surface area contributed by atoms with Gasteiger partial charge in [0.2, 0.25) is 0 Å². The number of aryl methyl sites for hydroxylation is 1. The molecule has 1 saturated carbocycles. The Hall–Kier alpha value is -2.66. The van der Waals surface area contributed by atoms with Gasteiger partial charge in [0.1, 0.15) is 0 Å². The van der Waals surface area contributed by atoms with Crippen LogP contribution in [0.2, 0.25) is 0 Å². The lowest BCUT2D eigenvalue weighted by molar-refractivity contribution is 0.0239. The third-order valence-electron chi connectivity index (χ3n) is 5.31. The van der Waals surface area contributed by atoms with E-state index in [2.05, 4.69) is 22.5 Å². The zero-order valence-electron chi connectivity index (χ0n) is 14.8. The molecule has 2 aromatic carbocycles. The van der Waals surface area contributed by atoms with Crippen molar-refractivity contribution in [2.45, 2.75) is 31.4 Å².